The molecule has 0 saturated carbocycles. The Hall–Kier alpha value is -2.46. The molecule has 0 fully saturated rings. The van der Waals surface area contributed by atoms with Crippen molar-refractivity contribution in [2.24, 2.45) is 0 Å². The second-order valence-electron chi connectivity index (χ2n) is 3.18. The van der Waals surface area contributed by atoms with Crippen molar-refractivity contribution in [3.05, 3.63) is 52.3 Å². The standard InChI is InChI=1S/C11H6N4O2S/c12-7-8-6-9(2-3-10(8)15(16)17)18-11-13-4-1-5-14-11/h1-6H. The van der Waals surface area contributed by atoms with E-state index in [9.17, 15) is 10.1 Å². The van der Waals surface area contributed by atoms with Crippen molar-refractivity contribution in [2.75, 3.05) is 0 Å². The highest BCUT2D eigenvalue weighted by Crippen LogP contribution is 2.28. The summed E-state index contributed by atoms with van der Waals surface area (Å²) in [4.78, 5) is 18.8. The Morgan fingerprint density at radius 1 is 1.33 bits per heavy atom. The minimum Gasteiger partial charge on any atom is -0.258 e. The van der Waals surface area contributed by atoms with E-state index in [1.165, 1.54) is 23.9 Å². The van der Waals surface area contributed by atoms with E-state index in [2.05, 4.69) is 9.97 Å². The maximum absolute atomic E-state index is 10.7. The molecule has 0 aliphatic heterocycles. The minimum atomic E-state index is -0.577. The van der Waals surface area contributed by atoms with Gasteiger partial charge in [-0.3, -0.25) is 10.1 Å². The number of hydrogen-bond donors (Lipinski definition) is 0. The Labute approximate surface area is 106 Å². The zero-order chi connectivity index (χ0) is 13.0. The summed E-state index contributed by atoms with van der Waals surface area (Å²) in [5, 5.41) is 20.1. The number of nitrogens with zero attached hydrogens (tertiary/aromatic N) is 4. The molecule has 1 heterocycles. The van der Waals surface area contributed by atoms with Gasteiger partial charge in [-0.15, -0.1) is 0 Å². The van der Waals surface area contributed by atoms with Crippen LogP contribution in [0.15, 0.2) is 46.7 Å². The fourth-order valence-electron chi connectivity index (χ4n) is 1.27. The Bertz CT molecular complexity index is 625. The molecule has 2 rings (SSSR count). The molecule has 1 aromatic carbocycles. The van der Waals surface area contributed by atoms with Crippen molar-refractivity contribution in [3.63, 3.8) is 0 Å². The predicted octanol–water partition coefficient (Wildman–Crippen LogP) is 2.41. The van der Waals surface area contributed by atoms with Gasteiger partial charge in [0.1, 0.15) is 11.6 Å². The van der Waals surface area contributed by atoms with Gasteiger partial charge < -0.3 is 0 Å². The lowest BCUT2D eigenvalue weighted by molar-refractivity contribution is -0.385. The van der Waals surface area contributed by atoms with E-state index in [0.29, 0.717) is 10.1 Å². The third-order valence-electron chi connectivity index (χ3n) is 2.04. The number of nitriles is 1. The van der Waals surface area contributed by atoms with Gasteiger partial charge in [0.05, 0.1) is 4.92 Å². The second kappa shape index (κ2) is 5.25. The fourth-order valence-corrected chi connectivity index (χ4v) is 2.02. The van der Waals surface area contributed by atoms with Gasteiger partial charge in [-0.1, -0.05) is 0 Å². The van der Waals surface area contributed by atoms with Crippen molar-refractivity contribution in [3.8, 4) is 6.07 Å². The van der Waals surface area contributed by atoms with E-state index in [-0.39, 0.29) is 11.3 Å². The first kappa shape index (κ1) is 12.0. The minimum absolute atomic E-state index is 0.0286. The molecule has 88 valence electrons. The van der Waals surface area contributed by atoms with Crippen LogP contribution in [0.2, 0.25) is 0 Å². The van der Waals surface area contributed by atoms with Crippen LogP contribution >= 0.6 is 11.8 Å². The number of nitro benzene ring substituents is 1. The summed E-state index contributed by atoms with van der Waals surface area (Å²) in [5.41, 5.74) is -0.170. The Morgan fingerprint density at radius 2 is 2.06 bits per heavy atom. The lowest BCUT2D eigenvalue weighted by Crippen LogP contribution is -1.92. The molecule has 0 atom stereocenters. The molecular weight excluding hydrogens is 252 g/mol. The maximum Gasteiger partial charge on any atom is 0.287 e. The van der Waals surface area contributed by atoms with E-state index in [0.717, 1.165) is 0 Å². The van der Waals surface area contributed by atoms with Crippen LogP contribution in [-0.2, 0) is 0 Å². The van der Waals surface area contributed by atoms with Gasteiger partial charge in [-0.2, -0.15) is 5.26 Å². The number of rotatable bonds is 3. The normalized spacial score (nSPS) is 9.72. The molecule has 1 aromatic heterocycles. The summed E-state index contributed by atoms with van der Waals surface area (Å²) in [6.07, 6.45) is 3.21. The van der Waals surface area contributed by atoms with Crippen LogP contribution in [-0.4, -0.2) is 14.9 Å². The van der Waals surface area contributed by atoms with Crippen LogP contribution in [0.5, 0.6) is 0 Å². The van der Waals surface area contributed by atoms with Crippen LogP contribution in [0.4, 0.5) is 5.69 Å². The van der Waals surface area contributed by atoms with E-state index in [1.54, 1.807) is 24.5 Å². The summed E-state index contributed by atoms with van der Waals surface area (Å²) in [5.74, 6) is 0. The highest BCUT2D eigenvalue weighted by atomic mass is 32.2. The molecule has 0 radical (unpaired) electrons. The van der Waals surface area contributed by atoms with Crippen LogP contribution in [0.25, 0.3) is 0 Å². The van der Waals surface area contributed by atoms with Crippen molar-refractivity contribution in [2.45, 2.75) is 10.1 Å². The van der Waals surface area contributed by atoms with Crippen LogP contribution in [0.1, 0.15) is 5.56 Å². The summed E-state index contributed by atoms with van der Waals surface area (Å²) >= 11 is 1.24. The molecule has 7 heteroatoms. The lowest BCUT2D eigenvalue weighted by Gasteiger charge is -2.00. The Morgan fingerprint density at radius 3 is 2.67 bits per heavy atom. The average Bonchev–Trinajstić information content (AvgIpc) is 2.39. The maximum atomic E-state index is 10.7. The van der Waals surface area contributed by atoms with Gasteiger partial charge in [0.15, 0.2) is 5.16 Å². The zero-order valence-corrected chi connectivity index (χ0v) is 9.79. The highest BCUT2D eigenvalue weighted by molar-refractivity contribution is 7.99. The molecule has 6 nitrogen and oxygen atoms in total. The molecule has 0 saturated heterocycles. The Kier molecular flexibility index (Phi) is 3.50. The molecule has 0 aliphatic carbocycles. The van der Waals surface area contributed by atoms with Gasteiger partial charge >= 0.3 is 0 Å². The first-order valence-electron chi connectivity index (χ1n) is 4.84. The quantitative estimate of drug-likeness (QED) is 0.476. The van der Waals surface area contributed by atoms with E-state index in [4.69, 9.17) is 5.26 Å². The van der Waals surface area contributed by atoms with Crippen LogP contribution < -0.4 is 0 Å². The molecule has 0 aliphatic rings. The van der Waals surface area contributed by atoms with Crippen molar-refractivity contribution in [1.82, 2.24) is 9.97 Å². The van der Waals surface area contributed by atoms with Gasteiger partial charge in [0, 0.05) is 23.4 Å². The largest absolute Gasteiger partial charge is 0.287 e. The fraction of sp³-hybridized carbons (Fsp3) is 0. The smallest absolute Gasteiger partial charge is 0.258 e. The third kappa shape index (κ3) is 2.61. The molecular formula is C11H6N4O2S. The molecule has 18 heavy (non-hydrogen) atoms. The van der Waals surface area contributed by atoms with Gasteiger partial charge in [-0.25, -0.2) is 9.97 Å². The molecule has 0 bridgehead atoms. The summed E-state index contributed by atoms with van der Waals surface area (Å²) in [6.45, 7) is 0. The Balaban J connectivity index is 2.32. The highest BCUT2D eigenvalue weighted by Gasteiger charge is 2.14. The summed E-state index contributed by atoms with van der Waals surface area (Å²) in [7, 11) is 0. The number of nitro groups is 1. The average molecular weight is 258 g/mol. The van der Waals surface area contributed by atoms with Gasteiger partial charge in [-0.05, 0) is 30.0 Å². The molecule has 0 spiro atoms. The van der Waals surface area contributed by atoms with Crippen molar-refractivity contribution in [1.29, 1.82) is 5.26 Å². The summed E-state index contributed by atoms with van der Waals surface area (Å²) < 4.78 is 0. The topological polar surface area (TPSA) is 92.7 Å². The molecule has 0 unspecified atom stereocenters. The first-order chi connectivity index (χ1) is 8.70. The molecule has 2 aromatic rings. The van der Waals surface area contributed by atoms with Crippen molar-refractivity contribution >= 4 is 17.4 Å². The van der Waals surface area contributed by atoms with E-state index < -0.39 is 4.92 Å². The summed E-state index contributed by atoms with van der Waals surface area (Å²) in [6, 6.07) is 7.84. The number of benzene rings is 1. The SMILES string of the molecule is N#Cc1cc(Sc2ncccn2)ccc1[N+](=O)[O-]. The first-order valence-corrected chi connectivity index (χ1v) is 5.66. The molecule has 0 N–H and O–H groups in total. The second-order valence-corrected chi connectivity index (χ2v) is 4.22. The lowest BCUT2D eigenvalue weighted by atomic mass is 10.2. The van der Waals surface area contributed by atoms with Gasteiger partial charge in [0.25, 0.3) is 5.69 Å². The monoisotopic (exact) mass is 258 g/mol. The third-order valence-corrected chi connectivity index (χ3v) is 2.92. The van der Waals surface area contributed by atoms with Gasteiger partial charge in [0.2, 0.25) is 0 Å². The van der Waals surface area contributed by atoms with E-state index >= 15 is 0 Å². The van der Waals surface area contributed by atoms with Crippen molar-refractivity contribution < 1.29 is 4.92 Å². The molecule has 0 amide bonds. The number of hydrogen-bond acceptors (Lipinski definition) is 6. The van der Waals surface area contributed by atoms with Crippen LogP contribution in [0.3, 0.4) is 0 Å². The number of aromatic nitrogens is 2. The van der Waals surface area contributed by atoms with Crippen LogP contribution in [0, 0.1) is 21.4 Å². The van der Waals surface area contributed by atoms with E-state index in [1.807, 2.05) is 6.07 Å². The predicted molar refractivity (Wildman–Crippen MR) is 64.0 cm³/mol. The zero-order valence-electron chi connectivity index (χ0n) is 8.98.